The second-order valence-electron chi connectivity index (χ2n) is 6.49. The Hall–Kier alpha value is -0.410. The topological polar surface area (TPSA) is 55.1 Å². The van der Waals surface area contributed by atoms with Crippen LogP contribution in [0.25, 0.3) is 0 Å². The highest BCUT2D eigenvalue weighted by Crippen LogP contribution is 2.20. The molecule has 3 N–H and O–H groups in total. The standard InChI is InChI=1S/C14H30N2O/c1-13(2,3)12(17)11(9-7-8-10-15)16-14(4,5)6/h11,16H,7-10,15H2,1-6H3/t11-/m0/s1/i7D,9D/t7-,9-,11-. The van der Waals surface area contributed by atoms with Crippen LogP contribution in [0.15, 0.2) is 0 Å². The van der Waals surface area contributed by atoms with Crippen molar-refractivity contribution >= 4 is 5.78 Å². The zero-order chi connectivity index (χ0) is 15.4. The van der Waals surface area contributed by atoms with Gasteiger partial charge in [0.1, 0.15) is 0 Å². The Kier molecular flexibility index (Phi) is 4.99. The summed E-state index contributed by atoms with van der Waals surface area (Å²) in [6.07, 6.45) is -1.00. The van der Waals surface area contributed by atoms with Crippen LogP contribution >= 0.6 is 0 Å². The molecule has 0 heterocycles. The molecule has 102 valence electrons. The first-order chi connectivity index (χ1) is 8.40. The predicted molar refractivity (Wildman–Crippen MR) is 74.0 cm³/mol. The molecule has 17 heavy (non-hydrogen) atoms. The van der Waals surface area contributed by atoms with Gasteiger partial charge in [0, 0.05) is 13.7 Å². The van der Waals surface area contributed by atoms with Crippen LogP contribution < -0.4 is 11.1 Å². The van der Waals surface area contributed by atoms with Gasteiger partial charge in [0.15, 0.2) is 5.78 Å². The Bertz CT molecular complexity index is 295. The highest BCUT2D eigenvalue weighted by Gasteiger charge is 2.31. The van der Waals surface area contributed by atoms with Crippen LogP contribution in [0.1, 0.15) is 63.5 Å². The zero-order valence-electron chi connectivity index (χ0n) is 14.1. The number of hydrogen-bond donors (Lipinski definition) is 2. The van der Waals surface area contributed by atoms with Gasteiger partial charge in [0.2, 0.25) is 0 Å². The first-order valence-electron chi connectivity index (χ1n) is 7.42. The van der Waals surface area contributed by atoms with Gasteiger partial charge in [0.05, 0.1) is 6.04 Å². The third kappa shape index (κ3) is 7.50. The number of rotatable bonds is 6. The highest BCUT2D eigenvalue weighted by molar-refractivity contribution is 5.88. The summed E-state index contributed by atoms with van der Waals surface area (Å²) in [7, 11) is 0. The van der Waals surface area contributed by atoms with Crippen LogP contribution in [0.2, 0.25) is 0 Å². The number of Topliss-reactive ketones (excluding diaryl/α,β-unsaturated/α-hetero) is 1. The molecule has 0 aromatic carbocycles. The fraction of sp³-hybridized carbons (Fsp3) is 0.929. The predicted octanol–water partition coefficient (Wildman–Crippen LogP) is 2.49. The molecule has 0 aliphatic heterocycles. The van der Waals surface area contributed by atoms with Crippen molar-refractivity contribution in [2.45, 2.75) is 72.3 Å². The Balaban J connectivity index is 5.12. The molecule has 0 aromatic rings. The molecular weight excluding hydrogens is 212 g/mol. The van der Waals surface area contributed by atoms with Gasteiger partial charge >= 0.3 is 0 Å². The summed E-state index contributed by atoms with van der Waals surface area (Å²) < 4.78 is 16.2. The maximum Gasteiger partial charge on any atom is 0.155 e. The summed E-state index contributed by atoms with van der Waals surface area (Å²) in [6, 6.07) is -0.631. The molecule has 3 atom stereocenters. The van der Waals surface area contributed by atoms with Crippen molar-refractivity contribution in [3.63, 3.8) is 0 Å². The summed E-state index contributed by atoms with van der Waals surface area (Å²) in [5.74, 6) is -0.0169. The molecule has 3 nitrogen and oxygen atoms in total. The van der Waals surface area contributed by atoms with Crippen molar-refractivity contribution < 1.29 is 7.54 Å². The number of carbonyl (C=O) groups is 1. The molecule has 0 rings (SSSR count). The Morgan fingerprint density at radius 1 is 1.29 bits per heavy atom. The van der Waals surface area contributed by atoms with E-state index in [1.54, 1.807) is 0 Å². The minimum atomic E-state index is -0.797. The molecule has 0 aliphatic carbocycles. The number of nitrogens with one attached hydrogen (secondary N) is 1. The van der Waals surface area contributed by atoms with Crippen molar-refractivity contribution in [2.24, 2.45) is 11.1 Å². The minimum Gasteiger partial charge on any atom is -0.330 e. The Morgan fingerprint density at radius 2 is 1.82 bits per heavy atom. The third-order valence-corrected chi connectivity index (χ3v) is 2.27. The van der Waals surface area contributed by atoms with Crippen LogP contribution in [-0.4, -0.2) is 23.9 Å². The van der Waals surface area contributed by atoms with Crippen molar-refractivity contribution in [2.75, 3.05) is 6.54 Å². The van der Waals surface area contributed by atoms with Gasteiger partial charge in [-0.1, -0.05) is 27.2 Å². The van der Waals surface area contributed by atoms with Crippen molar-refractivity contribution in [3.05, 3.63) is 0 Å². The molecule has 0 amide bonds. The van der Waals surface area contributed by atoms with E-state index in [2.05, 4.69) is 5.32 Å². The molecule has 0 saturated carbocycles. The molecule has 0 spiro atoms. The molecule has 0 bridgehead atoms. The number of ketones is 1. The molecule has 3 heteroatoms. The van der Waals surface area contributed by atoms with Gasteiger partial charge < -0.3 is 11.1 Å². The van der Waals surface area contributed by atoms with Gasteiger partial charge in [0.25, 0.3) is 0 Å². The van der Waals surface area contributed by atoms with Gasteiger partial charge in [-0.25, -0.2) is 0 Å². The molecule has 0 saturated heterocycles. The lowest BCUT2D eigenvalue weighted by Gasteiger charge is -2.31. The first-order valence-corrected chi connectivity index (χ1v) is 6.26. The van der Waals surface area contributed by atoms with Gasteiger partial charge in [-0.2, -0.15) is 0 Å². The number of hydrogen-bond acceptors (Lipinski definition) is 3. The largest absolute Gasteiger partial charge is 0.330 e. The van der Waals surface area contributed by atoms with Gasteiger partial charge in [-0.05, 0) is 40.1 Å². The highest BCUT2D eigenvalue weighted by atomic mass is 16.1. The Morgan fingerprint density at radius 3 is 2.18 bits per heavy atom. The molecule has 0 unspecified atom stereocenters. The van der Waals surface area contributed by atoms with Crippen LogP contribution in [0.5, 0.6) is 0 Å². The molecule has 0 aliphatic rings. The average Bonchev–Trinajstić information content (AvgIpc) is 2.21. The summed E-state index contributed by atoms with van der Waals surface area (Å²) in [5.41, 5.74) is 4.65. The quantitative estimate of drug-likeness (QED) is 0.755. The van der Waals surface area contributed by atoms with Crippen molar-refractivity contribution in [3.8, 4) is 0 Å². The normalized spacial score (nSPS) is 20.2. The minimum absolute atomic E-state index is 0.0169. The number of carbonyl (C=O) groups excluding carboxylic acids is 1. The fourth-order valence-corrected chi connectivity index (χ4v) is 1.46. The Labute approximate surface area is 109 Å². The smallest absolute Gasteiger partial charge is 0.155 e. The average molecular weight is 244 g/mol. The van der Waals surface area contributed by atoms with E-state index in [1.807, 2.05) is 41.5 Å². The summed E-state index contributed by atoms with van der Waals surface area (Å²) in [4.78, 5) is 12.5. The summed E-state index contributed by atoms with van der Waals surface area (Å²) in [5, 5.41) is 3.20. The van der Waals surface area contributed by atoms with E-state index in [1.165, 1.54) is 0 Å². The second-order valence-corrected chi connectivity index (χ2v) is 6.49. The fourth-order valence-electron chi connectivity index (χ4n) is 1.46. The van der Waals surface area contributed by atoms with E-state index < -0.39 is 24.3 Å². The van der Waals surface area contributed by atoms with E-state index in [9.17, 15) is 4.79 Å². The first kappa shape index (κ1) is 13.0. The van der Waals surface area contributed by atoms with E-state index in [0.717, 1.165) is 0 Å². The molecule has 0 radical (unpaired) electrons. The SMILES string of the molecule is [2H][C@H]([C@H](NC(C)(C)C)C(=O)C(C)(C)C)[C@@H]([2H])CCN. The second kappa shape index (κ2) is 6.50. The molecule has 0 fully saturated rings. The maximum absolute atomic E-state index is 12.5. The van der Waals surface area contributed by atoms with Crippen molar-refractivity contribution in [1.82, 2.24) is 5.32 Å². The van der Waals surface area contributed by atoms with Gasteiger partial charge in [-0.15, -0.1) is 0 Å². The summed E-state index contributed by atoms with van der Waals surface area (Å²) >= 11 is 0. The van der Waals surface area contributed by atoms with Crippen LogP contribution in [0, 0.1) is 5.41 Å². The zero-order valence-corrected chi connectivity index (χ0v) is 12.1. The van der Waals surface area contributed by atoms with Crippen LogP contribution in [-0.2, 0) is 4.79 Å². The van der Waals surface area contributed by atoms with E-state index in [0.29, 0.717) is 13.0 Å². The van der Waals surface area contributed by atoms with Crippen molar-refractivity contribution in [1.29, 1.82) is 0 Å². The lowest BCUT2D eigenvalue weighted by atomic mass is 9.84. The lowest BCUT2D eigenvalue weighted by Crippen LogP contribution is -2.50. The third-order valence-electron chi connectivity index (χ3n) is 2.27. The van der Waals surface area contributed by atoms with E-state index >= 15 is 0 Å². The van der Waals surface area contributed by atoms with E-state index in [-0.39, 0.29) is 11.3 Å². The summed E-state index contributed by atoms with van der Waals surface area (Å²) in [6.45, 7) is 11.8. The lowest BCUT2D eigenvalue weighted by molar-refractivity contribution is -0.129. The molecule has 0 aromatic heterocycles. The maximum atomic E-state index is 12.5. The monoisotopic (exact) mass is 244 g/mol. The molecular formula is C14H30N2O. The van der Waals surface area contributed by atoms with E-state index in [4.69, 9.17) is 8.48 Å². The van der Waals surface area contributed by atoms with Crippen LogP contribution in [0.4, 0.5) is 0 Å². The van der Waals surface area contributed by atoms with Crippen LogP contribution in [0.3, 0.4) is 0 Å². The van der Waals surface area contributed by atoms with Gasteiger partial charge in [-0.3, -0.25) is 4.79 Å². The number of nitrogens with two attached hydrogens (primary N) is 1.